The predicted molar refractivity (Wildman–Crippen MR) is 67.5 cm³/mol. The molecule has 0 N–H and O–H groups in total. The van der Waals surface area contributed by atoms with Gasteiger partial charge in [0, 0.05) is 34.7 Å². The lowest BCUT2D eigenvalue weighted by atomic mass is 10.1. The molecule has 5 nitrogen and oxygen atoms in total. The quantitative estimate of drug-likeness (QED) is 0.657. The number of carbonyl (C=O) groups is 1. The fraction of sp³-hybridized carbons (Fsp3) is 0.154. The van der Waals surface area contributed by atoms with Crippen LogP contribution in [-0.4, -0.2) is 27.2 Å². The average Bonchev–Trinajstić information content (AvgIpc) is 2.87. The molecule has 1 aromatic carbocycles. The SMILES string of the molecule is CCOC(=O)n1cnc2c(ccc3cncc32)c1. The molecule has 0 atom stereocenters. The molecule has 0 spiro atoms. The number of aromatic nitrogens is 3. The highest BCUT2D eigenvalue weighted by Gasteiger charge is 2.07. The first kappa shape index (κ1) is 10.7. The minimum absolute atomic E-state index is 0.343. The Kier molecular flexibility index (Phi) is 2.44. The maximum absolute atomic E-state index is 11.6. The predicted octanol–water partition coefficient (Wildman–Crippen LogP) is 2.59. The molecule has 0 saturated carbocycles. The Bertz CT molecular complexity index is 733. The van der Waals surface area contributed by atoms with E-state index >= 15 is 0 Å². The second-order valence-corrected chi connectivity index (χ2v) is 3.89. The van der Waals surface area contributed by atoms with Crippen molar-refractivity contribution in [1.29, 1.82) is 0 Å². The van der Waals surface area contributed by atoms with Gasteiger partial charge in [0.05, 0.1) is 12.1 Å². The maximum atomic E-state index is 11.6. The van der Waals surface area contributed by atoms with E-state index in [0.29, 0.717) is 6.61 Å². The Morgan fingerprint density at radius 3 is 3.00 bits per heavy atom. The summed E-state index contributed by atoms with van der Waals surface area (Å²) in [5, 5.41) is 2.92. The largest absolute Gasteiger partial charge is 0.449 e. The molecular weight excluding hydrogens is 230 g/mol. The molecule has 2 heterocycles. The molecule has 3 aromatic rings. The summed E-state index contributed by atoms with van der Waals surface area (Å²) in [7, 11) is 0. The Morgan fingerprint density at radius 1 is 1.33 bits per heavy atom. The standard InChI is InChI=1S/C13H11N3O2/c1-2-18-13(17)16-7-10-4-3-9-5-14-6-11(9)12(10)15-8-16/h3-8H,2H2,1H3. The highest BCUT2D eigenvalue weighted by Crippen LogP contribution is 2.22. The second-order valence-electron chi connectivity index (χ2n) is 3.89. The summed E-state index contributed by atoms with van der Waals surface area (Å²) in [6.07, 6.45) is 6.33. The first-order valence-corrected chi connectivity index (χ1v) is 5.67. The minimum Gasteiger partial charge on any atom is -0.449 e. The zero-order valence-electron chi connectivity index (χ0n) is 9.83. The zero-order valence-corrected chi connectivity index (χ0v) is 9.83. The van der Waals surface area contributed by atoms with Crippen LogP contribution in [0.1, 0.15) is 6.92 Å². The highest BCUT2D eigenvalue weighted by molar-refractivity contribution is 6.04. The number of hydrogen-bond donors (Lipinski definition) is 0. The lowest BCUT2D eigenvalue weighted by Crippen LogP contribution is -2.13. The smallest absolute Gasteiger partial charge is 0.419 e. The molecule has 0 unspecified atom stereocenters. The zero-order chi connectivity index (χ0) is 12.5. The van der Waals surface area contributed by atoms with Crippen molar-refractivity contribution in [3.63, 3.8) is 0 Å². The molecule has 0 aliphatic rings. The molecule has 90 valence electrons. The lowest BCUT2D eigenvalue weighted by molar-refractivity contribution is 0.153. The molecule has 2 aromatic heterocycles. The van der Waals surface area contributed by atoms with Crippen molar-refractivity contribution in [3.8, 4) is 0 Å². The number of hydrogen-bond acceptors (Lipinski definition) is 4. The molecule has 0 fully saturated rings. The van der Waals surface area contributed by atoms with Crippen LogP contribution in [0.25, 0.3) is 21.7 Å². The van der Waals surface area contributed by atoms with Crippen molar-refractivity contribution in [3.05, 3.63) is 37.1 Å². The van der Waals surface area contributed by atoms with Crippen LogP contribution >= 0.6 is 0 Å². The summed E-state index contributed by atoms with van der Waals surface area (Å²) >= 11 is 0. The monoisotopic (exact) mass is 241 g/mol. The Labute approximate surface area is 103 Å². The topological polar surface area (TPSA) is 57.0 Å². The van der Waals surface area contributed by atoms with Gasteiger partial charge in [0.15, 0.2) is 0 Å². The number of fused-ring (bicyclic) bond motifs is 3. The third-order valence-corrected chi connectivity index (χ3v) is 2.77. The van der Waals surface area contributed by atoms with Crippen LogP contribution in [0.3, 0.4) is 0 Å². The molecule has 18 heavy (non-hydrogen) atoms. The summed E-state index contributed by atoms with van der Waals surface area (Å²) in [6, 6.07) is 3.88. The van der Waals surface area contributed by atoms with Gasteiger partial charge in [-0.05, 0) is 6.92 Å². The molecule has 0 aliphatic carbocycles. The normalized spacial score (nSPS) is 10.9. The van der Waals surface area contributed by atoms with E-state index in [2.05, 4.69) is 9.97 Å². The Morgan fingerprint density at radius 2 is 2.17 bits per heavy atom. The van der Waals surface area contributed by atoms with Crippen LogP contribution in [0, 0.1) is 0 Å². The van der Waals surface area contributed by atoms with E-state index in [4.69, 9.17) is 4.74 Å². The fourth-order valence-corrected chi connectivity index (χ4v) is 1.93. The van der Waals surface area contributed by atoms with E-state index < -0.39 is 6.09 Å². The van der Waals surface area contributed by atoms with E-state index in [9.17, 15) is 4.79 Å². The van der Waals surface area contributed by atoms with Gasteiger partial charge in [-0.1, -0.05) is 12.1 Å². The molecule has 0 aliphatic heterocycles. The number of carbonyl (C=O) groups excluding carboxylic acids is 1. The van der Waals surface area contributed by atoms with E-state index in [1.807, 2.05) is 12.1 Å². The Hall–Kier alpha value is -2.43. The van der Waals surface area contributed by atoms with Gasteiger partial charge in [0.2, 0.25) is 0 Å². The van der Waals surface area contributed by atoms with Crippen LogP contribution in [0.15, 0.2) is 37.1 Å². The second kappa shape index (κ2) is 4.10. The van der Waals surface area contributed by atoms with Crippen LogP contribution in [0.4, 0.5) is 4.79 Å². The van der Waals surface area contributed by atoms with Gasteiger partial charge >= 0.3 is 6.09 Å². The Balaban J connectivity index is 2.18. The fourth-order valence-electron chi connectivity index (χ4n) is 1.93. The van der Waals surface area contributed by atoms with Crippen molar-refractivity contribution >= 4 is 27.8 Å². The number of ether oxygens (including phenoxy) is 1. The van der Waals surface area contributed by atoms with Crippen molar-refractivity contribution in [2.24, 2.45) is 0 Å². The first-order valence-electron chi connectivity index (χ1n) is 5.67. The van der Waals surface area contributed by atoms with Gasteiger partial charge in [0.1, 0.15) is 6.33 Å². The van der Waals surface area contributed by atoms with Crippen molar-refractivity contribution in [2.75, 3.05) is 6.61 Å². The first-order chi connectivity index (χ1) is 8.79. The van der Waals surface area contributed by atoms with E-state index in [0.717, 1.165) is 21.7 Å². The molecular formula is C13H11N3O2. The van der Waals surface area contributed by atoms with E-state index in [1.54, 1.807) is 25.5 Å². The summed E-state index contributed by atoms with van der Waals surface area (Å²) in [4.78, 5) is 20.0. The van der Waals surface area contributed by atoms with E-state index in [1.165, 1.54) is 10.9 Å². The highest BCUT2D eigenvalue weighted by atomic mass is 16.5. The molecule has 0 bridgehead atoms. The van der Waals surface area contributed by atoms with Crippen LogP contribution < -0.4 is 0 Å². The van der Waals surface area contributed by atoms with Crippen molar-refractivity contribution in [2.45, 2.75) is 6.92 Å². The minimum atomic E-state index is -0.423. The number of benzene rings is 1. The van der Waals surface area contributed by atoms with Crippen LogP contribution in [0.2, 0.25) is 0 Å². The summed E-state index contributed by atoms with van der Waals surface area (Å²) in [5.74, 6) is 0. The lowest BCUT2D eigenvalue weighted by Gasteiger charge is -2.06. The number of nitrogens with zero attached hydrogens (tertiary/aromatic N) is 3. The van der Waals surface area contributed by atoms with Crippen LogP contribution in [-0.2, 0) is 4.74 Å². The van der Waals surface area contributed by atoms with Gasteiger partial charge in [-0.2, -0.15) is 0 Å². The summed E-state index contributed by atoms with van der Waals surface area (Å²) in [6.45, 7) is 2.11. The van der Waals surface area contributed by atoms with Gasteiger partial charge in [-0.15, -0.1) is 0 Å². The summed E-state index contributed by atoms with van der Waals surface area (Å²) in [5.41, 5.74) is 0.838. The van der Waals surface area contributed by atoms with Gasteiger partial charge in [-0.25, -0.2) is 14.3 Å². The molecule has 5 heteroatoms. The third kappa shape index (κ3) is 1.60. The van der Waals surface area contributed by atoms with Gasteiger partial charge in [0.25, 0.3) is 0 Å². The van der Waals surface area contributed by atoms with Gasteiger partial charge in [-0.3, -0.25) is 4.98 Å². The van der Waals surface area contributed by atoms with Crippen molar-refractivity contribution in [1.82, 2.24) is 14.5 Å². The average molecular weight is 241 g/mol. The molecule has 3 rings (SSSR count). The third-order valence-electron chi connectivity index (χ3n) is 2.77. The molecule has 0 amide bonds. The maximum Gasteiger partial charge on any atom is 0.419 e. The number of rotatable bonds is 1. The van der Waals surface area contributed by atoms with Crippen LogP contribution in [0.5, 0.6) is 0 Å². The summed E-state index contributed by atoms with van der Waals surface area (Å²) < 4.78 is 6.26. The molecule has 0 saturated heterocycles. The van der Waals surface area contributed by atoms with Gasteiger partial charge < -0.3 is 4.74 Å². The molecule has 0 radical (unpaired) electrons. The van der Waals surface area contributed by atoms with E-state index in [-0.39, 0.29) is 0 Å². The van der Waals surface area contributed by atoms with Crippen molar-refractivity contribution < 1.29 is 9.53 Å².